The Morgan fingerprint density at radius 3 is 1.62 bits per heavy atom. The summed E-state index contributed by atoms with van der Waals surface area (Å²) in [6.45, 7) is 9.04. The van der Waals surface area contributed by atoms with Crippen LogP contribution in [0.3, 0.4) is 0 Å². The van der Waals surface area contributed by atoms with Gasteiger partial charge in [-0.05, 0) is 48.8 Å². The van der Waals surface area contributed by atoms with Gasteiger partial charge in [0, 0.05) is 6.92 Å². The fraction of sp³-hybridized carbons (Fsp3) is 0.565. The average molecular weight is 485 g/mol. The molecule has 1 rings (SSSR count). The second-order valence-corrected chi connectivity index (χ2v) is 8.67. The summed E-state index contributed by atoms with van der Waals surface area (Å²) in [7, 11) is 0. The molecule has 0 aliphatic heterocycles. The van der Waals surface area contributed by atoms with Crippen LogP contribution in [-0.4, -0.2) is 57.2 Å². The maximum absolute atomic E-state index is 10.6. The van der Waals surface area contributed by atoms with Crippen LogP contribution in [0.5, 0.6) is 5.75 Å². The SMILES string of the molecule is CC(=O)N[C@@H](CC(C)C)C(=O)O.CC(C)C[C@H](N)C(=O)O.NC(=O)[C@@H](N)Cc1ccc(O)cc1. The zero-order valence-electron chi connectivity index (χ0n) is 20.5. The zero-order chi connectivity index (χ0) is 27.0. The molecule has 0 radical (unpaired) electrons. The molecular weight excluding hydrogens is 444 g/mol. The first-order chi connectivity index (χ1) is 15.6. The van der Waals surface area contributed by atoms with E-state index < -0.39 is 36.0 Å². The predicted octanol–water partition coefficient (Wildman–Crippen LogP) is 0.814. The smallest absolute Gasteiger partial charge is 0.326 e. The lowest BCUT2D eigenvalue weighted by Crippen LogP contribution is -2.40. The van der Waals surface area contributed by atoms with Crippen molar-refractivity contribution in [3.05, 3.63) is 29.8 Å². The summed E-state index contributed by atoms with van der Waals surface area (Å²) in [5, 5.41) is 28.3. The molecule has 0 bridgehead atoms. The Morgan fingerprint density at radius 1 is 0.853 bits per heavy atom. The Bertz CT molecular complexity index is 767. The number of amides is 2. The van der Waals surface area contributed by atoms with E-state index in [1.807, 2.05) is 27.7 Å². The van der Waals surface area contributed by atoms with E-state index in [1.54, 1.807) is 24.3 Å². The number of carboxylic acids is 2. The molecule has 194 valence electrons. The Balaban J connectivity index is 0. The number of aromatic hydroxyl groups is 1. The molecular formula is C23H40N4O7. The number of rotatable bonds is 10. The van der Waals surface area contributed by atoms with Crippen molar-refractivity contribution in [2.24, 2.45) is 29.0 Å². The van der Waals surface area contributed by atoms with Gasteiger partial charge in [-0.3, -0.25) is 14.4 Å². The number of hydrogen-bond donors (Lipinski definition) is 7. The van der Waals surface area contributed by atoms with E-state index in [0.29, 0.717) is 25.2 Å². The van der Waals surface area contributed by atoms with Gasteiger partial charge in [0.15, 0.2) is 0 Å². The van der Waals surface area contributed by atoms with Crippen LogP contribution in [0.15, 0.2) is 24.3 Å². The Morgan fingerprint density at radius 2 is 1.32 bits per heavy atom. The number of phenols is 1. The number of phenolic OH excluding ortho intramolecular Hbond substituents is 1. The van der Waals surface area contributed by atoms with Crippen molar-refractivity contribution in [1.82, 2.24) is 5.32 Å². The molecule has 0 saturated heterocycles. The Hall–Kier alpha value is -3.18. The third-order valence-corrected chi connectivity index (χ3v) is 4.18. The second kappa shape index (κ2) is 17.3. The molecule has 11 nitrogen and oxygen atoms in total. The largest absolute Gasteiger partial charge is 0.508 e. The van der Waals surface area contributed by atoms with Crippen molar-refractivity contribution in [1.29, 1.82) is 0 Å². The lowest BCUT2D eigenvalue weighted by Gasteiger charge is -2.14. The van der Waals surface area contributed by atoms with Gasteiger partial charge < -0.3 is 37.8 Å². The van der Waals surface area contributed by atoms with Crippen LogP contribution in [0.25, 0.3) is 0 Å². The first-order valence-corrected chi connectivity index (χ1v) is 10.9. The van der Waals surface area contributed by atoms with Gasteiger partial charge in [0.05, 0.1) is 6.04 Å². The van der Waals surface area contributed by atoms with Crippen molar-refractivity contribution in [3.8, 4) is 5.75 Å². The van der Waals surface area contributed by atoms with Crippen molar-refractivity contribution in [3.63, 3.8) is 0 Å². The lowest BCUT2D eigenvalue weighted by atomic mass is 10.0. The number of carbonyl (C=O) groups excluding carboxylic acids is 2. The van der Waals surface area contributed by atoms with Crippen LogP contribution in [0.4, 0.5) is 0 Å². The van der Waals surface area contributed by atoms with E-state index in [9.17, 15) is 19.2 Å². The highest BCUT2D eigenvalue weighted by molar-refractivity contribution is 5.82. The minimum Gasteiger partial charge on any atom is -0.508 e. The maximum Gasteiger partial charge on any atom is 0.326 e. The summed E-state index contributed by atoms with van der Waals surface area (Å²) < 4.78 is 0. The van der Waals surface area contributed by atoms with Crippen LogP contribution < -0.4 is 22.5 Å². The molecule has 0 unspecified atom stereocenters. The molecule has 0 aliphatic rings. The standard InChI is InChI=1S/C9H12N2O2.C8H15NO3.C6H13NO2/c10-8(9(11)13)5-6-1-3-7(12)4-2-6;1-5(2)4-7(8(11)12)9-6(3)10;1-4(2)3-5(7)6(8)9/h1-4,8,12H,5,10H2,(H2,11,13);5,7H,4H2,1-3H3,(H,9,10)(H,11,12);4-5H,3,7H2,1-2H3,(H,8,9)/t8-;7-;5-/m000/s1. The molecule has 0 heterocycles. The second-order valence-electron chi connectivity index (χ2n) is 8.67. The minimum atomic E-state index is -0.973. The Kier molecular flexibility index (Phi) is 16.8. The number of aliphatic carboxylic acids is 2. The van der Waals surface area contributed by atoms with Gasteiger partial charge in [0.25, 0.3) is 0 Å². The third-order valence-electron chi connectivity index (χ3n) is 4.18. The molecule has 34 heavy (non-hydrogen) atoms. The molecule has 11 heteroatoms. The van der Waals surface area contributed by atoms with E-state index in [0.717, 1.165) is 5.56 Å². The third kappa shape index (κ3) is 18.4. The molecule has 0 aromatic heterocycles. The van der Waals surface area contributed by atoms with E-state index in [4.69, 9.17) is 32.5 Å². The summed E-state index contributed by atoms with van der Waals surface area (Å²) in [4.78, 5) is 41.8. The first kappa shape index (κ1) is 33.0. The topological polar surface area (TPSA) is 219 Å². The number of primary amides is 1. The predicted molar refractivity (Wildman–Crippen MR) is 129 cm³/mol. The van der Waals surface area contributed by atoms with Gasteiger partial charge in [-0.1, -0.05) is 39.8 Å². The molecule has 10 N–H and O–H groups in total. The van der Waals surface area contributed by atoms with Crippen molar-refractivity contribution in [2.45, 2.75) is 72.0 Å². The molecule has 2 amide bonds. The van der Waals surface area contributed by atoms with Gasteiger partial charge in [-0.25, -0.2) is 4.79 Å². The molecule has 0 aliphatic carbocycles. The van der Waals surface area contributed by atoms with E-state index in [2.05, 4.69) is 5.32 Å². The number of benzene rings is 1. The highest BCUT2D eigenvalue weighted by Crippen LogP contribution is 2.10. The number of carbonyl (C=O) groups is 4. The van der Waals surface area contributed by atoms with Crippen LogP contribution >= 0.6 is 0 Å². The van der Waals surface area contributed by atoms with Crippen LogP contribution in [0.1, 0.15) is 53.0 Å². The van der Waals surface area contributed by atoms with Crippen LogP contribution in [0, 0.1) is 11.8 Å². The highest BCUT2D eigenvalue weighted by Gasteiger charge is 2.19. The fourth-order valence-electron chi connectivity index (χ4n) is 2.53. The molecule has 1 aromatic carbocycles. The number of carboxylic acid groups (broad SMARTS) is 2. The van der Waals surface area contributed by atoms with Crippen molar-refractivity contribution in [2.75, 3.05) is 0 Å². The van der Waals surface area contributed by atoms with Gasteiger partial charge in [-0.15, -0.1) is 0 Å². The highest BCUT2D eigenvalue weighted by atomic mass is 16.4. The average Bonchev–Trinajstić information content (AvgIpc) is 2.68. The van der Waals surface area contributed by atoms with E-state index in [-0.39, 0.29) is 17.6 Å². The van der Waals surface area contributed by atoms with Gasteiger partial charge in [0.2, 0.25) is 11.8 Å². The van der Waals surface area contributed by atoms with Gasteiger partial charge in [-0.2, -0.15) is 0 Å². The maximum atomic E-state index is 10.6. The fourth-order valence-corrected chi connectivity index (χ4v) is 2.53. The summed E-state index contributed by atoms with van der Waals surface area (Å²) in [6, 6.07) is 4.40. The first-order valence-electron chi connectivity index (χ1n) is 10.9. The molecule has 1 aromatic rings. The molecule has 3 atom stereocenters. The molecule has 0 spiro atoms. The van der Waals surface area contributed by atoms with Crippen LogP contribution in [-0.2, 0) is 25.6 Å². The van der Waals surface area contributed by atoms with Gasteiger partial charge in [0.1, 0.15) is 17.8 Å². The van der Waals surface area contributed by atoms with Crippen molar-refractivity contribution < 1.29 is 34.5 Å². The number of hydrogen-bond acceptors (Lipinski definition) is 7. The van der Waals surface area contributed by atoms with Gasteiger partial charge >= 0.3 is 11.9 Å². The Labute approximate surface area is 200 Å². The molecule has 0 fully saturated rings. The number of nitrogens with two attached hydrogens (primary N) is 3. The normalized spacial score (nSPS) is 12.9. The number of nitrogens with one attached hydrogen (secondary N) is 1. The summed E-state index contributed by atoms with van der Waals surface area (Å²) in [5.74, 6) is -1.90. The summed E-state index contributed by atoms with van der Waals surface area (Å²) in [5.41, 5.74) is 16.5. The van der Waals surface area contributed by atoms with E-state index >= 15 is 0 Å². The summed E-state index contributed by atoms with van der Waals surface area (Å²) in [6.07, 6.45) is 1.42. The minimum absolute atomic E-state index is 0.191. The monoisotopic (exact) mass is 484 g/mol. The van der Waals surface area contributed by atoms with Crippen LogP contribution in [0.2, 0.25) is 0 Å². The zero-order valence-corrected chi connectivity index (χ0v) is 20.5. The lowest BCUT2D eigenvalue weighted by molar-refractivity contribution is -0.142. The van der Waals surface area contributed by atoms with E-state index in [1.165, 1.54) is 6.92 Å². The molecule has 0 saturated carbocycles. The quantitative estimate of drug-likeness (QED) is 0.249. The van der Waals surface area contributed by atoms with Crippen molar-refractivity contribution >= 4 is 23.8 Å². The summed E-state index contributed by atoms with van der Waals surface area (Å²) >= 11 is 0.